The van der Waals surface area contributed by atoms with Gasteiger partial charge in [-0.1, -0.05) is 6.92 Å². The Labute approximate surface area is 105 Å². The number of carbonyl (C=O) groups is 2. The van der Waals surface area contributed by atoms with Gasteiger partial charge in [-0.25, -0.2) is 0 Å². The third kappa shape index (κ3) is 2.55. The van der Waals surface area contributed by atoms with Crippen molar-refractivity contribution in [2.24, 2.45) is 0 Å². The summed E-state index contributed by atoms with van der Waals surface area (Å²) in [5.74, 6) is -0.269. The van der Waals surface area contributed by atoms with Gasteiger partial charge >= 0.3 is 5.97 Å². The van der Waals surface area contributed by atoms with Crippen molar-refractivity contribution >= 4 is 11.9 Å². The van der Waals surface area contributed by atoms with Crippen molar-refractivity contribution in [2.45, 2.75) is 39.2 Å². The Morgan fingerprint density at radius 3 is 2.61 bits per heavy atom. The van der Waals surface area contributed by atoms with Gasteiger partial charge in [0.15, 0.2) is 5.76 Å². The Bertz CT molecular complexity index is 473. The van der Waals surface area contributed by atoms with Gasteiger partial charge in [-0.3, -0.25) is 9.59 Å². The number of furan rings is 1. The minimum absolute atomic E-state index is 0.0585. The molecule has 1 amide bonds. The van der Waals surface area contributed by atoms with E-state index >= 15 is 0 Å². The number of aliphatic carboxylic acids is 1. The number of hydrogen-bond acceptors (Lipinski definition) is 3. The maximum absolute atomic E-state index is 12.3. The SMILES string of the molecule is CCc1cc(C)c(C(=O)N(CC(=O)O)C2CC2)o1. The Morgan fingerprint density at radius 1 is 1.50 bits per heavy atom. The standard InChI is InChI=1S/C13H17NO4/c1-3-10-6-8(2)12(18-10)13(17)14(7-11(15)16)9-4-5-9/h6,9H,3-5,7H2,1-2H3,(H,15,16). The molecule has 1 fully saturated rings. The summed E-state index contributed by atoms with van der Waals surface area (Å²) in [4.78, 5) is 24.5. The van der Waals surface area contributed by atoms with E-state index in [1.165, 1.54) is 4.90 Å². The van der Waals surface area contributed by atoms with Crippen molar-refractivity contribution in [2.75, 3.05) is 6.54 Å². The van der Waals surface area contributed by atoms with E-state index in [2.05, 4.69) is 0 Å². The Balaban J connectivity index is 2.21. The van der Waals surface area contributed by atoms with E-state index in [-0.39, 0.29) is 24.3 Å². The number of carbonyl (C=O) groups excluding carboxylic acids is 1. The average Bonchev–Trinajstić information content (AvgIpc) is 3.08. The number of nitrogens with zero attached hydrogens (tertiary/aromatic N) is 1. The second kappa shape index (κ2) is 4.84. The van der Waals surface area contributed by atoms with Gasteiger partial charge in [0.05, 0.1) is 0 Å². The molecule has 2 rings (SSSR count). The van der Waals surface area contributed by atoms with Crippen LogP contribution < -0.4 is 0 Å². The summed E-state index contributed by atoms with van der Waals surface area (Å²) in [6.45, 7) is 3.50. The van der Waals surface area contributed by atoms with Crippen LogP contribution in [0.25, 0.3) is 0 Å². The molecule has 0 aromatic carbocycles. The van der Waals surface area contributed by atoms with Crippen molar-refractivity contribution in [3.05, 3.63) is 23.2 Å². The van der Waals surface area contributed by atoms with Gasteiger partial charge in [0.25, 0.3) is 5.91 Å². The predicted molar refractivity (Wildman–Crippen MR) is 64.5 cm³/mol. The summed E-state index contributed by atoms with van der Waals surface area (Å²) < 4.78 is 5.48. The normalized spacial score (nSPS) is 14.6. The molecule has 1 aliphatic carbocycles. The van der Waals surface area contributed by atoms with Crippen molar-refractivity contribution in [3.8, 4) is 0 Å². The van der Waals surface area contributed by atoms with Crippen LogP contribution >= 0.6 is 0 Å². The van der Waals surface area contributed by atoms with Crippen molar-refractivity contribution in [3.63, 3.8) is 0 Å². The number of hydrogen-bond donors (Lipinski definition) is 1. The molecule has 0 radical (unpaired) electrons. The fraction of sp³-hybridized carbons (Fsp3) is 0.538. The zero-order valence-corrected chi connectivity index (χ0v) is 10.6. The fourth-order valence-electron chi connectivity index (χ4n) is 1.96. The van der Waals surface area contributed by atoms with Gasteiger partial charge < -0.3 is 14.4 Å². The maximum atomic E-state index is 12.3. The molecule has 1 aliphatic rings. The number of aryl methyl sites for hydroxylation is 2. The first-order valence-corrected chi connectivity index (χ1v) is 6.15. The van der Waals surface area contributed by atoms with Crippen LogP contribution in [0.4, 0.5) is 0 Å². The van der Waals surface area contributed by atoms with E-state index in [0.717, 1.165) is 30.6 Å². The molecule has 5 nitrogen and oxygen atoms in total. The molecule has 1 aromatic heterocycles. The highest BCUT2D eigenvalue weighted by Gasteiger charge is 2.36. The monoisotopic (exact) mass is 251 g/mol. The lowest BCUT2D eigenvalue weighted by Gasteiger charge is -2.19. The van der Waals surface area contributed by atoms with Crippen LogP contribution in [0, 0.1) is 6.92 Å². The molecule has 0 aliphatic heterocycles. The first kappa shape index (κ1) is 12.7. The summed E-state index contributed by atoms with van der Waals surface area (Å²) in [5, 5.41) is 8.85. The largest absolute Gasteiger partial charge is 0.480 e. The molecule has 18 heavy (non-hydrogen) atoms. The number of carboxylic acids is 1. The van der Waals surface area contributed by atoms with Crippen LogP contribution in [0.3, 0.4) is 0 Å². The van der Waals surface area contributed by atoms with Crippen molar-refractivity contribution in [1.82, 2.24) is 4.90 Å². The third-order valence-corrected chi connectivity index (χ3v) is 3.07. The zero-order chi connectivity index (χ0) is 13.3. The Kier molecular flexibility index (Phi) is 3.41. The summed E-state index contributed by atoms with van der Waals surface area (Å²) in [5.41, 5.74) is 0.771. The minimum atomic E-state index is -0.991. The minimum Gasteiger partial charge on any atom is -0.480 e. The van der Waals surface area contributed by atoms with Crippen LogP contribution in [-0.4, -0.2) is 34.5 Å². The molecule has 98 valence electrons. The topological polar surface area (TPSA) is 70.8 Å². The molecule has 0 spiro atoms. The zero-order valence-electron chi connectivity index (χ0n) is 10.6. The smallest absolute Gasteiger partial charge is 0.323 e. The first-order valence-electron chi connectivity index (χ1n) is 6.15. The van der Waals surface area contributed by atoms with Crippen LogP contribution in [0.2, 0.25) is 0 Å². The number of amides is 1. The molecule has 1 aromatic rings. The van der Waals surface area contributed by atoms with E-state index in [4.69, 9.17) is 9.52 Å². The Hall–Kier alpha value is -1.78. The average molecular weight is 251 g/mol. The van der Waals surface area contributed by atoms with Crippen LogP contribution in [0.1, 0.15) is 41.6 Å². The maximum Gasteiger partial charge on any atom is 0.323 e. The molecular weight excluding hydrogens is 234 g/mol. The predicted octanol–water partition coefficient (Wildman–Crippen LogP) is 1.84. The van der Waals surface area contributed by atoms with Gasteiger partial charge in [-0.05, 0) is 25.8 Å². The van der Waals surface area contributed by atoms with Gasteiger partial charge in [-0.15, -0.1) is 0 Å². The molecule has 1 saturated carbocycles. The van der Waals surface area contributed by atoms with E-state index in [1.54, 1.807) is 0 Å². The molecule has 0 bridgehead atoms. The Morgan fingerprint density at radius 2 is 2.17 bits per heavy atom. The van der Waals surface area contributed by atoms with Crippen LogP contribution in [0.15, 0.2) is 10.5 Å². The van der Waals surface area contributed by atoms with Gasteiger partial charge in [-0.2, -0.15) is 0 Å². The highest BCUT2D eigenvalue weighted by atomic mass is 16.4. The fourth-order valence-corrected chi connectivity index (χ4v) is 1.96. The van der Waals surface area contributed by atoms with E-state index in [0.29, 0.717) is 0 Å². The molecular formula is C13H17NO4. The first-order chi connectivity index (χ1) is 8.52. The van der Waals surface area contributed by atoms with Crippen LogP contribution in [0.5, 0.6) is 0 Å². The van der Waals surface area contributed by atoms with Crippen molar-refractivity contribution in [1.29, 1.82) is 0 Å². The van der Waals surface area contributed by atoms with E-state index < -0.39 is 5.97 Å². The molecule has 1 N–H and O–H groups in total. The highest BCUT2D eigenvalue weighted by Crippen LogP contribution is 2.29. The molecule has 0 saturated heterocycles. The molecule has 0 atom stereocenters. The summed E-state index contributed by atoms with van der Waals surface area (Å²) in [6.07, 6.45) is 2.47. The summed E-state index contributed by atoms with van der Waals surface area (Å²) in [7, 11) is 0. The van der Waals surface area contributed by atoms with Gasteiger partial charge in [0.2, 0.25) is 0 Å². The number of carboxylic acid groups (broad SMARTS) is 1. The summed E-state index contributed by atoms with van der Waals surface area (Å²) >= 11 is 0. The lowest BCUT2D eigenvalue weighted by Crippen LogP contribution is -2.37. The third-order valence-electron chi connectivity index (χ3n) is 3.07. The van der Waals surface area contributed by atoms with Gasteiger partial charge in [0, 0.05) is 18.0 Å². The van der Waals surface area contributed by atoms with E-state index in [1.807, 2.05) is 19.9 Å². The summed E-state index contributed by atoms with van der Waals surface area (Å²) in [6, 6.07) is 1.89. The highest BCUT2D eigenvalue weighted by molar-refractivity contribution is 5.95. The quantitative estimate of drug-likeness (QED) is 0.866. The molecule has 0 unspecified atom stereocenters. The number of rotatable bonds is 5. The van der Waals surface area contributed by atoms with Gasteiger partial charge in [0.1, 0.15) is 12.3 Å². The molecule has 1 heterocycles. The molecule has 5 heteroatoms. The van der Waals surface area contributed by atoms with Crippen LogP contribution in [-0.2, 0) is 11.2 Å². The van der Waals surface area contributed by atoms with Crippen molar-refractivity contribution < 1.29 is 19.1 Å². The van der Waals surface area contributed by atoms with E-state index in [9.17, 15) is 9.59 Å². The lowest BCUT2D eigenvalue weighted by molar-refractivity contribution is -0.137. The lowest BCUT2D eigenvalue weighted by atomic mass is 10.2. The second-order valence-corrected chi connectivity index (χ2v) is 4.64. The second-order valence-electron chi connectivity index (χ2n) is 4.64.